The average molecular weight is 384 g/mol. The molecule has 19 heavy (non-hydrogen) atoms. The first-order valence-electron chi connectivity index (χ1n) is 6.39. The summed E-state index contributed by atoms with van der Waals surface area (Å²) in [4.78, 5) is 17.1. The fourth-order valence-electron chi connectivity index (χ4n) is 1.75. The van der Waals surface area contributed by atoms with Crippen LogP contribution in [0.1, 0.15) is 19.3 Å². The number of halogens is 1. The van der Waals surface area contributed by atoms with Crippen molar-refractivity contribution in [1.82, 2.24) is 15.5 Å². The number of ether oxygens (including phenoxy) is 1. The summed E-state index contributed by atoms with van der Waals surface area (Å²) < 4.78 is 5.52. The molecule has 0 bridgehead atoms. The smallest absolute Gasteiger partial charge is 0.223 e. The van der Waals surface area contributed by atoms with Gasteiger partial charge in [-0.05, 0) is 12.8 Å². The van der Waals surface area contributed by atoms with Gasteiger partial charge >= 0.3 is 0 Å². The van der Waals surface area contributed by atoms with Crippen LogP contribution in [0.15, 0.2) is 4.99 Å². The minimum absolute atomic E-state index is 0. The summed E-state index contributed by atoms with van der Waals surface area (Å²) in [5, 5.41) is 6.32. The van der Waals surface area contributed by atoms with Gasteiger partial charge in [0, 0.05) is 47.3 Å². The fraction of sp³-hybridized carbons (Fsp3) is 0.833. The van der Waals surface area contributed by atoms with Gasteiger partial charge in [0.05, 0.1) is 6.10 Å². The number of nitrogens with one attached hydrogen (secondary N) is 2. The van der Waals surface area contributed by atoms with E-state index in [1.807, 2.05) is 0 Å². The van der Waals surface area contributed by atoms with E-state index in [0.29, 0.717) is 13.0 Å². The molecule has 1 atom stereocenters. The second-order valence-electron chi connectivity index (χ2n) is 4.55. The van der Waals surface area contributed by atoms with Crippen molar-refractivity contribution in [1.29, 1.82) is 0 Å². The second-order valence-corrected chi connectivity index (χ2v) is 4.55. The lowest BCUT2D eigenvalue weighted by Crippen LogP contribution is -2.42. The molecule has 6 nitrogen and oxygen atoms in total. The summed E-state index contributed by atoms with van der Waals surface area (Å²) in [5.74, 6) is 0.828. The molecular weight excluding hydrogens is 359 g/mol. The van der Waals surface area contributed by atoms with E-state index in [0.717, 1.165) is 32.0 Å². The van der Waals surface area contributed by atoms with Crippen molar-refractivity contribution in [3.8, 4) is 0 Å². The van der Waals surface area contributed by atoms with Crippen molar-refractivity contribution < 1.29 is 9.53 Å². The summed E-state index contributed by atoms with van der Waals surface area (Å²) in [5.41, 5.74) is 0. The van der Waals surface area contributed by atoms with Crippen molar-refractivity contribution in [2.24, 2.45) is 4.99 Å². The predicted octanol–water partition coefficient (Wildman–Crippen LogP) is 0.427. The zero-order valence-electron chi connectivity index (χ0n) is 11.9. The van der Waals surface area contributed by atoms with Crippen LogP contribution in [0.2, 0.25) is 0 Å². The molecule has 1 saturated heterocycles. The molecule has 0 aromatic carbocycles. The molecule has 0 spiro atoms. The van der Waals surface area contributed by atoms with E-state index in [1.54, 1.807) is 26.0 Å². The van der Waals surface area contributed by atoms with E-state index in [-0.39, 0.29) is 36.0 Å². The summed E-state index contributed by atoms with van der Waals surface area (Å²) >= 11 is 0. The van der Waals surface area contributed by atoms with E-state index in [1.165, 1.54) is 0 Å². The molecule has 1 rings (SSSR count). The number of rotatable bonds is 5. The highest BCUT2D eigenvalue weighted by Crippen LogP contribution is 2.10. The third-order valence-electron chi connectivity index (χ3n) is 2.87. The van der Waals surface area contributed by atoms with Crippen LogP contribution in [-0.4, -0.2) is 63.7 Å². The van der Waals surface area contributed by atoms with Gasteiger partial charge in [-0.15, -0.1) is 24.0 Å². The number of aliphatic imine (C=N–C) groups is 1. The zero-order valence-corrected chi connectivity index (χ0v) is 14.3. The maximum Gasteiger partial charge on any atom is 0.223 e. The molecule has 1 amide bonds. The maximum absolute atomic E-state index is 11.4. The van der Waals surface area contributed by atoms with E-state index in [4.69, 9.17) is 4.74 Å². The van der Waals surface area contributed by atoms with Crippen LogP contribution in [0.25, 0.3) is 0 Å². The lowest BCUT2D eigenvalue weighted by Gasteiger charge is -2.15. The summed E-state index contributed by atoms with van der Waals surface area (Å²) in [6.45, 7) is 2.21. The number of carbonyl (C=O) groups excluding carboxylic acids is 1. The van der Waals surface area contributed by atoms with Gasteiger partial charge in [-0.25, -0.2) is 0 Å². The summed E-state index contributed by atoms with van der Waals surface area (Å²) in [6.07, 6.45) is 2.99. The van der Waals surface area contributed by atoms with Gasteiger partial charge in [-0.3, -0.25) is 9.79 Å². The summed E-state index contributed by atoms with van der Waals surface area (Å²) in [7, 11) is 5.23. The molecule has 0 aliphatic carbocycles. The standard InChI is InChI=1S/C12H24N4O2.HI/c1-13-12(14-7-6-11(17)16(2)3)15-9-10-5-4-8-18-10;/h10H,4-9H2,1-3H3,(H2,13,14,15);1H. The third-order valence-corrected chi connectivity index (χ3v) is 2.87. The Morgan fingerprint density at radius 3 is 2.68 bits per heavy atom. The van der Waals surface area contributed by atoms with E-state index >= 15 is 0 Å². The minimum atomic E-state index is 0. The number of carbonyl (C=O) groups is 1. The normalized spacial score (nSPS) is 18.7. The van der Waals surface area contributed by atoms with Crippen LogP contribution < -0.4 is 10.6 Å². The quantitative estimate of drug-likeness (QED) is 0.410. The van der Waals surface area contributed by atoms with Crippen molar-refractivity contribution in [3.63, 3.8) is 0 Å². The Morgan fingerprint density at radius 2 is 2.16 bits per heavy atom. The molecule has 112 valence electrons. The van der Waals surface area contributed by atoms with Crippen LogP contribution in [0.4, 0.5) is 0 Å². The van der Waals surface area contributed by atoms with Crippen molar-refractivity contribution in [2.45, 2.75) is 25.4 Å². The fourth-order valence-corrected chi connectivity index (χ4v) is 1.75. The van der Waals surface area contributed by atoms with Crippen molar-refractivity contribution >= 4 is 35.8 Å². The monoisotopic (exact) mass is 384 g/mol. The van der Waals surface area contributed by atoms with Gasteiger partial charge in [-0.2, -0.15) is 0 Å². The molecule has 1 fully saturated rings. The zero-order chi connectivity index (χ0) is 13.4. The van der Waals surface area contributed by atoms with Gasteiger partial charge in [-0.1, -0.05) is 0 Å². The molecule has 0 aromatic heterocycles. The lowest BCUT2D eigenvalue weighted by atomic mass is 10.2. The van der Waals surface area contributed by atoms with E-state index in [2.05, 4.69) is 15.6 Å². The molecule has 2 N–H and O–H groups in total. The van der Waals surface area contributed by atoms with Crippen LogP contribution >= 0.6 is 24.0 Å². The minimum Gasteiger partial charge on any atom is -0.376 e. The number of hydrogen-bond donors (Lipinski definition) is 2. The molecule has 0 saturated carbocycles. The van der Waals surface area contributed by atoms with Crippen LogP contribution in [0.5, 0.6) is 0 Å². The Kier molecular flexibility index (Phi) is 9.94. The third kappa shape index (κ3) is 7.56. The Morgan fingerprint density at radius 1 is 1.42 bits per heavy atom. The largest absolute Gasteiger partial charge is 0.376 e. The number of amides is 1. The first-order valence-corrected chi connectivity index (χ1v) is 6.39. The van der Waals surface area contributed by atoms with Gasteiger partial charge in [0.25, 0.3) is 0 Å². The highest BCUT2D eigenvalue weighted by atomic mass is 127. The van der Waals surface area contributed by atoms with E-state index < -0.39 is 0 Å². The van der Waals surface area contributed by atoms with Crippen LogP contribution in [0, 0.1) is 0 Å². The predicted molar refractivity (Wildman–Crippen MR) is 87.1 cm³/mol. The number of nitrogens with zero attached hydrogens (tertiary/aromatic N) is 2. The van der Waals surface area contributed by atoms with E-state index in [9.17, 15) is 4.79 Å². The van der Waals surface area contributed by atoms with Gasteiger partial charge < -0.3 is 20.3 Å². The van der Waals surface area contributed by atoms with Gasteiger partial charge in [0.15, 0.2) is 5.96 Å². The summed E-state index contributed by atoms with van der Waals surface area (Å²) in [6, 6.07) is 0. The Labute approximate surface area is 132 Å². The molecule has 7 heteroatoms. The Hall–Kier alpha value is -0.570. The van der Waals surface area contributed by atoms with Crippen molar-refractivity contribution in [3.05, 3.63) is 0 Å². The first kappa shape index (κ1) is 18.4. The molecular formula is C12H25IN4O2. The van der Waals surface area contributed by atoms with Crippen LogP contribution in [0.3, 0.4) is 0 Å². The topological polar surface area (TPSA) is 66.0 Å². The van der Waals surface area contributed by atoms with Gasteiger partial charge in [0.1, 0.15) is 0 Å². The molecule has 0 aromatic rings. The first-order chi connectivity index (χ1) is 8.63. The van der Waals surface area contributed by atoms with Gasteiger partial charge in [0.2, 0.25) is 5.91 Å². The molecule has 1 aliphatic heterocycles. The SMILES string of the molecule is CN=C(NCCC(=O)N(C)C)NCC1CCCO1.I. The highest BCUT2D eigenvalue weighted by Gasteiger charge is 2.15. The lowest BCUT2D eigenvalue weighted by molar-refractivity contribution is -0.128. The second kappa shape index (κ2) is 10.2. The maximum atomic E-state index is 11.4. The molecule has 1 unspecified atom stereocenters. The van der Waals surface area contributed by atoms with Crippen LogP contribution in [-0.2, 0) is 9.53 Å². The number of guanidine groups is 1. The van der Waals surface area contributed by atoms with Crippen molar-refractivity contribution in [2.75, 3.05) is 40.8 Å². The Bertz CT molecular complexity index is 291. The molecule has 1 heterocycles. The number of hydrogen-bond acceptors (Lipinski definition) is 3. The Balaban J connectivity index is 0.00000324. The highest BCUT2D eigenvalue weighted by molar-refractivity contribution is 14.0. The molecule has 0 radical (unpaired) electrons. The molecule has 1 aliphatic rings. The average Bonchev–Trinajstić information content (AvgIpc) is 2.86.